The molecule has 2 aliphatic heterocycles. The zero-order valence-electron chi connectivity index (χ0n) is 45.4. The highest BCUT2D eigenvalue weighted by molar-refractivity contribution is 7.13. The number of halogens is 3. The molecule has 4 atom stereocenters. The number of thiazole rings is 1. The standard InChI is InChI=1S/C55H71ClF2N10O10S/c1-33(35-10-12-36(13-11-35)49-34(2)61-32-79-49)62-52(73)41-28-37(69)30-68(41)53(74)50(55(3,4)5)63-43(71)31-78-27-26-77-25-24-76-23-22-75-21-20-66(6)44(72)14-15-60-54-64-48-38(51(65-54)67-18-16-59-17-19-67)29-39(56)45(47(48)58)46-40(57)8-7-9-42(46)70/h7-13,29,32-33,37,41,50,59,69-70H,14-28,30-31H2,1-6H3,(H,62,73)(H,63,71)(H,60,64,65)/t33-,37+,41-,50+/m0/s1. The molecule has 2 fully saturated rings. The molecule has 2 saturated heterocycles. The fraction of sp³-hybridized carbons (Fsp3) is 0.509. The van der Waals surface area contributed by atoms with Crippen molar-refractivity contribution < 1.29 is 57.1 Å². The Morgan fingerprint density at radius 2 is 1.61 bits per heavy atom. The molecule has 0 saturated carbocycles. The Morgan fingerprint density at radius 3 is 2.25 bits per heavy atom. The van der Waals surface area contributed by atoms with Crippen molar-refractivity contribution in [2.45, 2.75) is 71.7 Å². The van der Waals surface area contributed by atoms with Crippen molar-refractivity contribution in [3.8, 4) is 27.3 Å². The molecule has 0 spiro atoms. The fourth-order valence-electron chi connectivity index (χ4n) is 9.21. The number of aromatic nitrogens is 3. The van der Waals surface area contributed by atoms with E-state index in [1.807, 2.05) is 63.8 Å². The molecule has 428 valence electrons. The molecule has 24 heteroatoms. The molecule has 4 amide bonds. The monoisotopic (exact) mass is 1140 g/mol. The SMILES string of the molecule is Cc1ncsc1-c1ccc([C@H](C)NC(=O)[C@@H]2C[C@@H](O)CN2C(=O)[C@@H](NC(=O)COCCOCCOCCOCCN(C)C(=O)CCNc2nc(N3CCNCC3)c3cc(Cl)c(-c4c(O)cccc4F)c(F)c3n2)C(C)(C)C)cc1. The minimum atomic E-state index is -1.00. The first kappa shape index (κ1) is 60.5. The van der Waals surface area contributed by atoms with Gasteiger partial charge in [0.1, 0.15) is 41.6 Å². The summed E-state index contributed by atoms with van der Waals surface area (Å²) in [5, 5.41) is 33.4. The third-order valence-corrected chi connectivity index (χ3v) is 14.8. The van der Waals surface area contributed by atoms with Gasteiger partial charge in [0.15, 0.2) is 5.82 Å². The first-order chi connectivity index (χ1) is 37.8. The number of piperazine rings is 1. The molecule has 20 nitrogen and oxygen atoms in total. The number of carbonyl (C=O) groups is 4. The molecule has 0 bridgehead atoms. The molecule has 4 heterocycles. The summed E-state index contributed by atoms with van der Waals surface area (Å²) in [6.45, 7) is 13.5. The topological polar surface area (TPSA) is 242 Å². The summed E-state index contributed by atoms with van der Waals surface area (Å²) in [4.78, 5) is 73.1. The number of aliphatic hydroxyl groups is 1. The van der Waals surface area contributed by atoms with E-state index >= 15 is 4.39 Å². The van der Waals surface area contributed by atoms with E-state index in [4.69, 9.17) is 30.5 Å². The number of rotatable bonds is 26. The number of aliphatic hydroxyl groups excluding tert-OH is 1. The second-order valence-electron chi connectivity index (χ2n) is 20.4. The van der Waals surface area contributed by atoms with E-state index in [0.717, 1.165) is 27.8 Å². The van der Waals surface area contributed by atoms with Crippen LogP contribution in [0.3, 0.4) is 0 Å². The lowest BCUT2D eigenvalue weighted by Crippen LogP contribution is -2.58. The van der Waals surface area contributed by atoms with Gasteiger partial charge in [0, 0.05) is 76.7 Å². The van der Waals surface area contributed by atoms with Gasteiger partial charge >= 0.3 is 0 Å². The predicted octanol–water partition coefficient (Wildman–Crippen LogP) is 5.47. The average Bonchev–Trinajstić information content (AvgIpc) is 4.17. The van der Waals surface area contributed by atoms with Crippen LogP contribution in [0.2, 0.25) is 5.02 Å². The van der Waals surface area contributed by atoms with Gasteiger partial charge in [0.2, 0.25) is 29.6 Å². The first-order valence-electron chi connectivity index (χ1n) is 26.3. The number of amides is 4. The number of hydrogen-bond donors (Lipinski definition) is 6. The second-order valence-corrected chi connectivity index (χ2v) is 21.7. The molecule has 6 N–H and O–H groups in total. The Labute approximate surface area is 467 Å². The second kappa shape index (κ2) is 28.3. The van der Waals surface area contributed by atoms with Gasteiger partial charge in [-0.15, -0.1) is 11.3 Å². The highest BCUT2D eigenvalue weighted by Gasteiger charge is 2.45. The maximum atomic E-state index is 16.3. The van der Waals surface area contributed by atoms with Crippen LogP contribution in [0.1, 0.15) is 57.8 Å². The van der Waals surface area contributed by atoms with Gasteiger partial charge in [-0.25, -0.2) is 18.7 Å². The molecule has 7 rings (SSSR count). The number of likely N-dealkylation sites (tertiary alicyclic amines) is 1. The Kier molecular flexibility index (Phi) is 21.7. The minimum Gasteiger partial charge on any atom is -0.507 e. The Balaban J connectivity index is 0.755. The lowest BCUT2D eigenvalue weighted by molar-refractivity contribution is -0.144. The number of nitrogens with zero attached hydrogens (tertiary/aromatic N) is 6. The van der Waals surface area contributed by atoms with Crippen molar-refractivity contribution in [1.82, 2.24) is 40.7 Å². The summed E-state index contributed by atoms with van der Waals surface area (Å²) in [6, 6.07) is 10.7. The van der Waals surface area contributed by atoms with Crippen molar-refractivity contribution in [2.24, 2.45) is 5.41 Å². The van der Waals surface area contributed by atoms with Gasteiger partial charge in [-0.05, 0) is 48.6 Å². The number of carbonyl (C=O) groups excluding carboxylic acids is 4. The molecular formula is C55H71ClF2N10O10S. The largest absolute Gasteiger partial charge is 0.507 e. The maximum Gasteiger partial charge on any atom is 0.246 e. The number of nitrogens with one attached hydrogen (secondary N) is 4. The van der Waals surface area contributed by atoms with Crippen LogP contribution < -0.4 is 26.2 Å². The molecule has 0 aliphatic carbocycles. The van der Waals surface area contributed by atoms with Gasteiger partial charge in [-0.1, -0.05) is 62.7 Å². The summed E-state index contributed by atoms with van der Waals surface area (Å²) in [5.41, 5.74) is 3.11. The van der Waals surface area contributed by atoms with E-state index < -0.39 is 58.7 Å². The number of ether oxygens (including phenoxy) is 4. The van der Waals surface area contributed by atoms with E-state index in [-0.39, 0.29) is 118 Å². The number of fused-ring (bicyclic) bond motifs is 1. The normalized spacial score (nSPS) is 16.5. The molecule has 0 unspecified atom stereocenters. The van der Waals surface area contributed by atoms with Gasteiger partial charge in [-0.3, -0.25) is 19.2 Å². The van der Waals surface area contributed by atoms with Crippen LogP contribution in [-0.2, 0) is 38.1 Å². The number of phenolic OH excluding ortho intramolecular Hbond substituents is 1. The van der Waals surface area contributed by atoms with Crippen LogP contribution in [-0.4, -0.2) is 182 Å². The van der Waals surface area contributed by atoms with Gasteiger partial charge in [0.05, 0.1) is 85.1 Å². The Bertz CT molecular complexity index is 2870. The highest BCUT2D eigenvalue weighted by atomic mass is 35.5. The summed E-state index contributed by atoms with van der Waals surface area (Å²) < 4.78 is 53.6. The summed E-state index contributed by atoms with van der Waals surface area (Å²) in [6.07, 6.45) is -0.768. The maximum absolute atomic E-state index is 16.3. The van der Waals surface area contributed by atoms with Gasteiger partial charge in [-0.2, -0.15) is 4.98 Å². The molecule has 2 aliphatic rings. The summed E-state index contributed by atoms with van der Waals surface area (Å²) >= 11 is 8.11. The first-order valence-corrected chi connectivity index (χ1v) is 27.6. The third-order valence-electron chi connectivity index (χ3n) is 13.5. The zero-order valence-corrected chi connectivity index (χ0v) is 47.0. The Morgan fingerprint density at radius 1 is 0.937 bits per heavy atom. The number of hydrogen-bond acceptors (Lipinski definition) is 17. The molecule has 3 aromatic carbocycles. The van der Waals surface area contributed by atoms with Crippen molar-refractivity contribution in [1.29, 1.82) is 0 Å². The summed E-state index contributed by atoms with van der Waals surface area (Å²) in [5.74, 6) is -3.31. The lowest BCUT2D eigenvalue weighted by Gasteiger charge is -2.35. The molecule has 0 radical (unpaired) electrons. The smallest absolute Gasteiger partial charge is 0.246 e. The van der Waals surface area contributed by atoms with Crippen LogP contribution in [0.25, 0.3) is 32.5 Å². The van der Waals surface area contributed by atoms with Crippen LogP contribution in [0.5, 0.6) is 5.75 Å². The van der Waals surface area contributed by atoms with Crippen LogP contribution >= 0.6 is 22.9 Å². The van der Waals surface area contributed by atoms with Crippen molar-refractivity contribution >= 4 is 69.2 Å². The van der Waals surface area contributed by atoms with Crippen LogP contribution in [0, 0.1) is 24.0 Å². The number of phenols is 1. The number of benzene rings is 3. The van der Waals surface area contributed by atoms with Crippen LogP contribution in [0.15, 0.2) is 54.0 Å². The van der Waals surface area contributed by atoms with Crippen LogP contribution in [0.4, 0.5) is 20.5 Å². The van der Waals surface area contributed by atoms with E-state index in [9.17, 15) is 33.8 Å². The van der Waals surface area contributed by atoms with E-state index in [1.54, 1.807) is 23.9 Å². The number of aryl methyl sites for hydroxylation is 1. The number of aromatic hydroxyl groups is 1. The quantitative estimate of drug-likeness (QED) is 0.0376. The average molecular weight is 1140 g/mol. The summed E-state index contributed by atoms with van der Waals surface area (Å²) in [7, 11) is 1.65. The zero-order chi connectivity index (χ0) is 56.8. The predicted molar refractivity (Wildman–Crippen MR) is 297 cm³/mol. The van der Waals surface area contributed by atoms with E-state index in [2.05, 4.69) is 36.2 Å². The van der Waals surface area contributed by atoms with E-state index in [0.29, 0.717) is 43.9 Å². The molecular weight excluding hydrogens is 1070 g/mol. The number of likely N-dealkylation sites (N-methyl/N-ethyl adjacent to an activating group) is 1. The minimum absolute atomic E-state index is 0.0460. The molecule has 79 heavy (non-hydrogen) atoms. The molecule has 5 aromatic rings. The van der Waals surface area contributed by atoms with Crippen molar-refractivity contribution in [3.05, 3.63) is 82.0 Å². The lowest BCUT2D eigenvalue weighted by atomic mass is 9.85. The third kappa shape index (κ3) is 16.0. The van der Waals surface area contributed by atoms with Gasteiger partial charge in [0.25, 0.3) is 0 Å². The van der Waals surface area contributed by atoms with Gasteiger partial charge < -0.3 is 65.1 Å². The Hall–Kier alpha value is -6.18. The number of β-amino-alcohol motifs (C(OH)–C–C–N with tert-alkyl or cyclic N) is 1. The van der Waals surface area contributed by atoms with Crippen molar-refractivity contribution in [2.75, 3.05) is 116 Å². The molecule has 2 aromatic heterocycles. The van der Waals surface area contributed by atoms with E-state index in [1.165, 1.54) is 28.0 Å². The number of anilines is 2. The fourth-order valence-corrected chi connectivity index (χ4v) is 10.3. The van der Waals surface area contributed by atoms with Crippen molar-refractivity contribution in [3.63, 3.8) is 0 Å². The highest BCUT2D eigenvalue weighted by Crippen LogP contribution is 2.43.